The van der Waals surface area contributed by atoms with Crippen molar-refractivity contribution in [2.75, 3.05) is 26.7 Å². The molecule has 1 unspecified atom stereocenters. The maximum Gasteiger partial charge on any atom is 0.251 e. The normalized spacial score (nSPS) is 19.1. The summed E-state index contributed by atoms with van der Waals surface area (Å²) < 4.78 is 27.3. The third-order valence-electron chi connectivity index (χ3n) is 5.19. The van der Waals surface area contributed by atoms with E-state index in [9.17, 15) is 22.8 Å². The van der Waals surface area contributed by atoms with Gasteiger partial charge >= 0.3 is 0 Å². The van der Waals surface area contributed by atoms with Crippen molar-refractivity contribution in [3.05, 3.63) is 29.8 Å². The lowest BCUT2D eigenvalue weighted by atomic mass is 10.2. The molecule has 1 saturated carbocycles. The van der Waals surface area contributed by atoms with Gasteiger partial charge in [-0.25, -0.2) is 13.1 Å². The highest BCUT2D eigenvalue weighted by Crippen LogP contribution is 2.28. The van der Waals surface area contributed by atoms with Gasteiger partial charge in [-0.15, -0.1) is 0 Å². The van der Waals surface area contributed by atoms with Crippen molar-refractivity contribution in [2.24, 2.45) is 5.92 Å². The number of likely N-dealkylation sites (tertiary alicyclic amines) is 1. The van der Waals surface area contributed by atoms with Gasteiger partial charge in [0.25, 0.3) is 5.91 Å². The number of nitrogens with one attached hydrogen (secondary N) is 3. The molecule has 0 spiro atoms. The number of benzene rings is 1. The second kappa shape index (κ2) is 8.91. The van der Waals surface area contributed by atoms with Gasteiger partial charge in [0.05, 0.1) is 11.4 Å². The molecule has 1 aromatic carbocycles. The fourth-order valence-electron chi connectivity index (χ4n) is 3.30. The van der Waals surface area contributed by atoms with Gasteiger partial charge in [0, 0.05) is 25.7 Å². The largest absolute Gasteiger partial charge is 0.357 e. The number of carbonyl (C=O) groups excluding carboxylic acids is 3. The summed E-state index contributed by atoms with van der Waals surface area (Å²) in [5.41, 5.74) is 0.149. The zero-order valence-corrected chi connectivity index (χ0v) is 17.1. The van der Waals surface area contributed by atoms with E-state index in [1.54, 1.807) is 0 Å². The summed E-state index contributed by atoms with van der Waals surface area (Å²) in [5, 5.41) is 5.06. The Balaban J connectivity index is 1.59. The van der Waals surface area contributed by atoms with Crippen LogP contribution in [0.5, 0.6) is 0 Å². The lowest BCUT2D eigenvalue weighted by molar-refractivity contribution is -0.137. The van der Waals surface area contributed by atoms with Crippen molar-refractivity contribution >= 4 is 27.7 Å². The number of sulfonamides is 1. The minimum Gasteiger partial charge on any atom is -0.357 e. The topological polar surface area (TPSA) is 125 Å². The Morgan fingerprint density at radius 2 is 1.93 bits per heavy atom. The van der Waals surface area contributed by atoms with Crippen LogP contribution < -0.4 is 15.4 Å². The van der Waals surface area contributed by atoms with Crippen LogP contribution in [-0.4, -0.2) is 63.8 Å². The van der Waals surface area contributed by atoms with E-state index in [0.29, 0.717) is 25.4 Å². The van der Waals surface area contributed by atoms with E-state index in [1.807, 2.05) is 0 Å². The summed E-state index contributed by atoms with van der Waals surface area (Å²) in [6.45, 7) is 0.603. The first-order chi connectivity index (χ1) is 13.8. The van der Waals surface area contributed by atoms with Crippen LogP contribution in [0.25, 0.3) is 0 Å². The molecule has 1 heterocycles. The maximum absolute atomic E-state index is 12.4. The highest BCUT2D eigenvalue weighted by Gasteiger charge is 2.33. The first-order valence-corrected chi connectivity index (χ1v) is 11.2. The van der Waals surface area contributed by atoms with Gasteiger partial charge in [0.2, 0.25) is 21.8 Å². The Bertz CT molecular complexity index is 898. The first kappa shape index (κ1) is 21.3. The zero-order valence-electron chi connectivity index (χ0n) is 16.3. The van der Waals surface area contributed by atoms with Gasteiger partial charge in [-0.2, -0.15) is 0 Å². The van der Waals surface area contributed by atoms with Crippen LogP contribution in [0.2, 0.25) is 0 Å². The third-order valence-corrected chi connectivity index (χ3v) is 6.61. The van der Waals surface area contributed by atoms with Crippen LogP contribution in [0.3, 0.4) is 0 Å². The predicted molar refractivity (Wildman–Crippen MR) is 105 cm³/mol. The summed E-state index contributed by atoms with van der Waals surface area (Å²) in [4.78, 5) is 38.2. The molecule has 0 radical (unpaired) electrons. The molecule has 9 nitrogen and oxygen atoms in total. The zero-order chi connectivity index (χ0) is 21.0. The third kappa shape index (κ3) is 5.33. The summed E-state index contributed by atoms with van der Waals surface area (Å²) in [6.07, 6.45) is 3.37. The average Bonchev–Trinajstić information content (AvgIpc) is 3.43. The highest BCUT2D eigenvalue weighted by molar-refractivity contribution is 7.89. The standard InChI is InChI=1S/C19H26N4O5S/c1-20-19(26)16-6-3-9-23(16)17(24)12-21-18(25)14-4-2-5-15(10-14)29(27,28)22-11-13-7-8-13/h2,4-5,10,13,16,22H,3,6-9,11-12H2,1H3,(H,20,26)(H,21,25). The number of hydrogen-bond acceptors (Lipinski definition) is 5. The minimum atomic E-state index is -3.69. The molecule has 1 aliphatic heterocycles. The Morgan fingerprint density at radius 1 is 1.17 bits per heavy atom. The first-order valence-electron chi connectivity index (χ1n) is 9.71. The minimum absolute atomic E-state index is 0.0105. The molecule has 1 atom stereocenters. The molecule has 1 saturated heterocycles. The van der Waals surface area contributed by atoms with Crippen LogP contribution in [0.15, 0.2) is 29.2 Å². The van der Waals surface area contributed by atoms with Crippen molar-refractivity contribution in [3.8, 4) is 0 Å². The monoisotopic (exact) mass is 422 g/mol. The van der Waals surface area contributed by atoms with Crippen LogP contribution in [-0.2, 0) is 19.6 Å². The number of rotatable bonds is 8. The molecule has 1 aliphatic carbocycles. The quantitative estimate of drug-likeness (QED) is 0.537. The van der Waals surface area contributed by atoms with Gasteiger partial charge in [0.15, 0.2) is 0 Å². The molecule has 3 rings (SSSR count). The Hall–Kier alpha value is -2.46. The van der Waals surface area contributed by atoms with Crippen LogP contribution in [0.1, 0.15) is 36.0 Å². The van der Waals surface area contributed by atoms with Gasteiger partial charge < -0.3 is 15.5 Å². The molecule has 3 amide bonds. The molecule has 10 heteroatoms. The van der Waals surface area contributed by atoms with E-state index in [-0.39, 0.29) is 28.8 Å². The Labute approximate surface area is 170 Å². The molecule has 0 bridgehead atoms. The maximum atomic E-state index is 12.4. The second-order valence-corrected chi connectivity index (χ2v) is 9.13. The molecule has 3 N–H and O–H groups in total. The highest BCUT2D eigenvalue weighted by atomic mass is 32.2. The molecule has 2 fully saturated rings. The molecule has 1 aromatic rings. The van der Waals surface area contributed by atoms with E-state index in [2.05, 4.69) is 15.4 Å². The van der Waals surface area contributed by atoms with E-state index in [4.69, 9.17) is 0 Å². The van der Waals surface area contributed by atoms with Crippen LogP contribution in [0, 0.1) is 5.92 Å². The van der Waals surface area contributed by atoms with Crippen molar-refractivity contribution in [2.45, 2.75) is 36.6 Å². The van der Waals surface area contributed by atoms with Gasteiger partial charge in [-0.1, -0.05) is 6.07 Å². The van der Waals surface area contributed by atoms with Gasteiger partial charge in [-0.3, -0.25) is 14.4 Å². The van der Waals surface area contributed by atoms with E-state index in [0.717, 1.165) is 19.3 Å². The summed E-state index contributed by atoms with van der Waals surface area (Å²) in [5.74, 6) is -0.724. The summed E-state index contributed by atoms with van der Waals surface area (Å²) in [7, 11) is -2.17. The number of likely N-dealkylation sites (N-methyl/N-ethyl adjacent to an activating group) is 1. The van der Waals surface area contributed by atoms with Crippen molar-refractivity contribution in [1.82, 2.24) is 20.3 Å². The fraction of sp³-hybridized carbons (Fsp3) is 0.526. The van der Waals surface area contributed by atoms with Gasteiger partial charge in [-0.05, 0) is 49.8 Å². The second-order valence-electron chi connectivity index (χ2n) is 7.37. The molecule has 29 heavy (non-hydrogen) atoms. The smallest absolute Gasteiger partial charge is 0.251 e. The van der Waals surface area contributed by atoms with E-state index >= 15 is 0 Å². The van der Waals surface area contributed by atoms with E-state index in [1.165, 1.54) is 36.2 Å². The van der Waals surface area contributed by atoms with Crippen molar-refractivity contribution in [3.63, 3.8) is 0 Å². The summed E-state index contributed by atoms with van der Waals surface area (Å²) >= 11 is 0. The van der Waals surface area contributed by atoms with E-state index < -0.39 is 22.0 Å². The fourth-order valence-corrected chi connectivity index (χ4v) is 4.46. The predicted octanol–water partition coefficient (Wildman–Crippen LogP) is -0.158. The Kier molecular flexibility index (Phi) is 6.53. The number of hydrogen-bond donors (Lipinski definition) is 3. The number of nitrogens with zero attached hydrogens (tertiary/aromatic N) is 1. The van der Waals surface area contributed by atoms with Crippen molar-refractivity contribution in [1.29, 1.82) is 0 Å². The molecule has 2 aliphatic rings. The lowest BCUT2D eigenvalue weighted by Gasteiger charge is -2.23. The Morgan fingerprint density at radius 3 is 2.62 bits per heavy atom. The molecule has 0 aromatic heterocycles. The number of carbonyl (C=O) groups is 3. The summed E-state index contributed by atoms with van der Waals surface area (Å²) in [6, 6.07) is 5.18. The van der Waals surface area contributed by atoms with Crippen LogP contribution in [0.4, 0.5) is 0 Å². The average molecular weight is 423 g/mol. The van der Waals surface area contributed by atoms with Crippen LogP contribution >= 0.6 is 0 Å². The molecular weight excluding hydrogens is 396 g/mol. The van der Waals surface area contributed by atoms with Gasteiger partial charge in [0.1, 0.15) is 6.04 Å². The molecule has 158 valence electrons. The SMILES string of the molecule is CNC(=O)C1CCCN1C(=O)CNC(=O)c1cccc(S(=O)(=O)NCC2CC2)c1. The molecular formula is C19H26N4O5S. The van der Waals surface area contributed by atoms with Crippen molar-refractivity contribution < 1.29 is 22.8 Å². The lowest BCUT2D eigenvalue weighted by Crippen LogP contribution is -2.48. The number of amides is 3.